The minimum absolute atomic E-state index is 0.357. The number of benzene rings is 1. The molecule has 0 radical (unpaired) electrons. The molecule has 0 bridgehead atoms. The summed E-state index contributed by atoms with van der Waals surface area (Å²) in [5.41, 5.74) is 1.48. The number of rotatable bonds is 6. The highest BCUT2D eigenvalue weighted by Gasteiger charge is 2.41. The number of hydrogen-bond donors (Lipinski definition) is 4. The molecule has 144 valence electrons. The highest BCUT2D eigenvalue weighted by molar-refractivity contribution is 5.84. The smallest absolute Gasteiger partial charge is 0.370 e. The summed E-state index contributed by atoms with van der Waals surface area (Å²) in [4.78, 5) is 11.4. The van der Waals surface area contributed by atoms with Gasteiger partial charge in [0.05, 0.1) is 18.8 Å². The number of nitrogens with zero attached hydrogens (tertiary/aromatic N) is 3. The molecule has 1 aromatic carbocycles. The van der Waals surface area contributed by atoms with E-state index < -0.39 is 42.8 Å². The first-order valence-electron chi connectivity index (χ1n) is 8.48. The number of aromatic nitrogens is 3. The van der Waals surface area contributed by atoms with Gasteiger partial charge < -0.3 is 25.2 Å². The molecule has 2 aromatic rings. The van der Waals surface area contributed by atoms with Crippen LogP contribution in [-0.2, 0) is 9.53 Å². The lowest BCUT2D eigenvalue weighted by atomic mass is 9.87. The van der Waals surface area contributed by atoms with Gasteiger partial charge in [0.25, 0.3) is 0 Å². The van der Waals surface area contributed by atoms with Gasteiger partial charge in [0.2, 0.25) is 5.76 Å². The fourth-order valence-electron chi connectivity index (χ4n) is 3.10. The maximum atomic E-state index is 11.4. The molecule has 0 spiro atoms. The van der Waals surface area contributed by atoms with Crippen molar-refractivity contribution >= 4 is 5.97 Å². The summed E-state index contributed by atoms with van der Waals surface area (Å²) in [6.07, 6.45) is -0.888. The summed E-state index contributed by atoms with van der Waals surface area (Å²) in [5, 5.41) is 46.7. The first kappa shape index (κ1) is 19.0. The lowest BCUT2D eigenvalue weighted by molar-refractivity contribution is -0.148. The molecule has 0 saturated carbocycles. The topological polar surface area (TPSA) is 138 Å². The van der Waals surface area contributed by atoms with Crippen LogP contribution in [0.2, 0.25) is 0 Å². The van der Waals surface area contributed by atoms with Gasteiger partial charge in [-0.05, 0) is 6.08 Å². The molecule has 0 aliphatic carbocycles. The van der Waals surface area contributed by atoms with Crippen molar-refractivity contribution < 1.29 is 30.0 Å². The Morgan fingerprint density at radius 2 is 2.00 bits per heavy atom. The summed E-state index contributed by atoms with van der Waals surface area (Å²) in [6, 6.07) is 8.82. The van der Waals surface area contributed by atoms with Crippen molar-refractivity contribution in [2.75, 3.05) is 6.61 Å². The number of hydrogen-bond acceptors (Lipinski definition) is 7. The maximum absolute atomic E-state index is 11.4. The maximum Gasteiger partial charge on any atom is 0.370 e. The summed E-state index contributed by atoms with van der Waals surface area (Å²) in [7, 11) is 0. The number of carboxylic acid groups (broad SMARTS) is 1. The molecule has 0 saturated heterocycles. The van der Waals surface area contributed by atoms with E-state index in [0.29, 0.717) is 5.69 Å². The Labute approximate surface area is 155 Å². The summed E-state index contributed by atoms with van der Waals surface area (Å²) in [6.45, 7) is 1.06. The van der Waals surface area contributed by atoms with E-state index in [1.54, 1.807) is 13.1 Å². The van der Waals surface area contributed by atoms with Crippen molar-refractivity contribution in [1.29, 1.82) is 0 Å². The predicted molar refractivity (Wildman–Crippen MR) is 93.4 cm³/mol. The zero-order valence-corrected chi connectivity index (χ0v) is 14.6. The molecule has 9 heteroatoms. The van der Waals surface area contributed by atoms with Crippen molar-refractivity contribution in [1.82, 2.24) is 15.0 Å². The Balaban J connectivity index is 1.94. The van der Waals surface area contributed by atoms with E-state index in [1.807, 2.05) is 30.3 Å². The van der Waals surface area contributed by atoms with Crippen LogP contribution in [0.1, 0.15) is 13.0 Å². The molecule has 3 rings (SSSR count). The number of aliphatic carboxylic acids is 1. The highest BCUT2D eigenvalue weighted by atomic mass is 16.5. The number of ether oxygens (including phenoxy) is 1. The fourth-order valence-corrected chi connectivity index (χ4v) is 3.10. The first-order valence-corrected chi connectivity index (χ1v) is 8.48. The molecular weight excluding hydrogens is 354 g/mol. The number of allylic oxidation sites excluding steroid dienone is 1. The second-order valence-electron chi connectivity index (χ2n) is 6.46. The van der Waals surface area contributed by atoms with Crippen LogP contribution in [0, 0.1) is 5.92 Å². The summed E-state index contributed by atoms with van der Waals surface area (Å²) < 4.78 is 6.87. The summed E-state index contributed by atoms with van der Waals surface area (Å²) >= 11 is 0. The molecule has 5 atom stereocenters. The minimum Gasteiger partial charge on any atom is -0.480 e. The monoisotopic (exact) mass is 375 g/mol. The third kappa shape index (κ3) is 3.85. The number of aliphatic hydroxyl groups excluding tert-OH is 3. The Morgan fingerprint density at radius 1 is 1.30 bits per heavy atom. The standard InChI is InChI=1S/C18H21N3O6/c1-10-13(21-8-12(19-20-21)11-5-3-2-4-6-11)7-15(18(25)26)27-17(10)16(24)14(23)9-22/h2-8,10,13-14,16-17,22-24H,9H2,1H3,(H,25,26)/t10-,13+,14-,16-,17-/m1/s1. The lowest BCUT2D eigenvalue weighted by Gasteiger charge is -2.37. The molecule has 1 aromatic heterocycles. The molecule has 4 N–H and O–H groups in total. The van der Waals surface area contributed by atoms with Gasteiger partial charge in [0, 0.05) is 11.5 Å². The van der Waals surface area contributed by atoms with E-state index in [4.69, 9.17) is 9.84 Å². The van der Waals surface area contributed by atoms with Gasteiger partial charge in [-0.15, -0.1) is 5.10 Å². The second kappa shape index (κ2) is 7.87. The Hall–Kier alpha value is -2.75. The van der Waals surface area contributed by atoms with E-state index >= 15 is 0 Å². The quantitative estimate of drug-likeness (QED) is 0.562. The normalized spacial score (nSPS) is 24.6. The van der Waals surface area contributed by atoms with Gasteiger partial charge in [0.15, 0.2) is 0 Å². The molecule has 27 heavy (non-hydrogen) atoms. The third-order valence-electron chi connectivity index (χ3n) is 4.66. The van der Waals surface area contributed by atoms with Crippen LogP contribution in [0.25, 0.3) is 11.3 Å². The van der Waals surface area contributed by atoms with Gasteiger partial charge >= 0.3 is 5.97 Å². The van der Waals surface area contributed by atoms with Gasteiger partial charge in [-0.2, -0.15) is 0 Å². The van der Waals surface area contributed by atoms with E-state index in [0.717, 1.165) is 5.56 Å². The zero-order valence-electron chi connectivity index (χ0n) is 14.6. The lowest BCUT2D eigenvalue weighted by Crippen LogP contribution is -2.48. The van der Waals surface area contributed by atoms with E-state index in [9.17, 15) is 20.1 Å². The van der Waals surface area contributed by atoms with E-state index in [2.05, 4.69) is 10.3 Å². The first-order chi connectivity index (χ1) is 12.9. The highest BCUT2D eigenvalue weighted by Crippen LogP contribution is 2.34. The van der Waals surface area contributed by atoms with Crippen LogP contribution in [0.5, 0.6) is 0 Å². The average Bonchev–Trinajstić information content (AvgIpc) is 3.17. The fraction of sp³-hybridized carbons (Fsp3) is 0.389. The van der Waals surface area contributed by atoms with Crippen LogP contribution >= 0.6 is 0 Å². The van der Waals surface area contributed by atoms with E-state index in [-0.39, 0.29) is 5.76 Å². The zero-order chi connectivity index (χ0) is 19.6. The van der Waals surface area contributed by atoms with Crippen LogP contribution < -0.4 is 0 Å². The number of carboxylic acids is 1. The van der Waals surface area contributed by atoms with Crippen LogP contribution in [0.15, 0.2) is 48.4 Å². The molecule has 0 fully saturated rings. The predicted octanol–water partition coefficient (Wildman–Crippen LogP) is 0.204. The Morgan fingerprint density at radius 3 is 2.63 bits per heavy atom. The molecule has 1 aliphatic heterocycles. The van der Waals surface area contributed by atoms with E-state index in [1.165, 1.54) is 10.8 Å². The molecule has 2 heterocycles. The molecule has 0 amide bonds. The van der Waals surface area contributed by atoms with Crippen molar-refractivity contribution in [2.45, 2.75) is 31.3 Å². The molecule has 0 unspecified atom stereocenters. The SMILES string of the molecule is C[C@H]1[C@H]([C@H](O)[C@H](O)CO)OC(C(=O)O)=C[C@@H]1n1cc(-c2ccccc2)nn1. The number of aliphatic hydroxyl groups is 3. The molecule has 9 nitrogen and oxygen atoms in total. The minimum atomic E-state index is -1.47. The van der Waals surface area contributed by atoms with Crippen molar-refractivity contribution in [3.05, 3.63) is 48.4 Å². The van der Waals surface area contributed by atoms with Crippen LogP contribution in [0.4, 0.5) is 0 Å². The molecular formula is C18H21N3O6. The largest absolute Gasteiger partial charge is 0.480 e. The average molecular weight is 375 g/mol. The Kier molecular flexibility index (Phi) is 5.54. The third-order valence-corrected chi connectivity index (χ3v) is 4.66. The van der Waals surface area contributed by atoms with Crippen molar-refractivity contribution in [3.8, 4) is 11.3 Å². The van der Waals surface area contributed by atoms with Crippen molar-refractivity contribution in [2.24, 2.45) is 5.92 Å². The van der Waals surface area contributed by atoms with Crippen LogP contribution in [0.3, 0.4) is 0 Å². The Bertz CT molecular complexity index is 822. The second-order valence-corrected chi connectivity index (χ2v) is 6.46. The van der Waals surface area contributed by atoms with Gasteiger partial charge in [-0.3, -0.25) is 0 Å². The number of carbonyl (C=O) groups is 1. The van der Waals surface area contributed by atoms with Gasteiger partial charge in [0.1, 0.15) is 24.0 Å². The molecule has 1 aliphatic rings. The van der Waals surface area contributed by atoms with Crippen LogP contribution in [-0.4, -0.2) is 66.3 Å². The summed E-state index contributed by atoms with van der Waals surface area (Å²) in [5.74, 6) is -2.11. The van der Waals surface area contributed by atoms with Gasteiger partial charge in [-0.1, -0.05) is 42.5 Å². The van der Waals surface area contributed by atoms with Crippen molar-refractivity contribution in [3.63, 3.8) is 0 Å². The van der Waals surface area contributed by atoms with Gasteiger partial charge in [-0.25, -0.2) is 9.48 Å².